The fraction of sp³-hybridized carbons (Fsp3) is 0.600. The van der Waals surface area contributed by atoms with Gasteiger partial charge in [0.2, 0.25) is 0 Å². The van der Waals surface area contributed by atoms with Crippen molar-refractivity contribution in [3.05, 3.63) is 29.3 Å². The predicted octanol–water partition coefficient (Wildman–Crippen LogP) is 2.35. The molecule has 1 rings (SSSR count). The molecule has 0 aliphatic rings. The van der Waals surface area contributed by atoms with Gasteiger partial charge in [-0.25, -0.2) is 0 Å². The van der Waals surface area contributed by atoms with Gasteiger partial charge in [0.25, 0.3) is 0 Å². The molecular weight excluding hydrogens is 224 g/mol. The Morgan fingerprint density at radius 3 is 2.39 bits per heavy atom. The second-order valence-electron chi connectivity index (χ2n) is 5.44. The Balaban J connectivity index is 2.53. The van der Waals surface area contributed by atoms with E-state index in [1.54, 1.807) is 0 Å². The fourth-order valence-electron chi connectivity index (χ4n) is 1.70. The van der Waals surface area contributed by atoms with Gasteiger partial charge in [-0.2, -0.15) is 0 Å². The third kappa shape index (κ3) is 3.72. The Labute approximate surface area is 111 Å². The summed E-state index contributed by atoms with van der Waals surface area (Å²) in [5, 5.41) is 0. The van der Waals surface area contributed by atoms with Gasteiger partial charge in [-0.1, -0.05) is 6.07 Å². The van der Waals surface area contributed by atoms with Crippen molar-refractivity contribution in [1.82, 2.24) is 4.90 Å². The van der Waals surface area contributed by atoms with Crippen LogP contribution in [0, 0.1) is 13.8 Å². The molecular formula is C15H26N2O. The van der Waals surface area contributed by atoms with Gasteiger partial charge in [0.05, 0.1) is 6.61 Å². The number of aryl methyl sites for hydroxylation is 2. The van der Waals surface area contributed by atoms with E-state index in [1.807, 2.05) is 6.07 Å². The van der Waals surface area contributed by atoms with Crippen LogP contribution in [-0.4, -0.2) is 37.7 Å². The topological polar surface area (TPSA) is 38.5 Å². The van der Waals surface area contributed by atoms with Crippen LogP contribution in [0.5, 0.6) is 5.75 Å². The molecule has 0 saturated carbocycles. The third-order valence-electron chi connectivity index (χ3n) is 3.91. The number of rotatable bonds is 6. The maximum Gasteiger partial charge on any atom is 0.119 e. The molecule has 18 heavy (non-hydrogen) atoms. The summed E-state index contributed by atoms with van der Waals surface area (Å²) in [6.07, 6.45) is 0.920. The van der Waals surface area contributed by atoms with Crippen molar-refractivity contribution >= 4 is 0 Å². The second-order valence-corrected chi connectivity index (χ2v) is 5.44. The van der Waals surface area contributed by atoms with Gasteiger partial charge in [0.15, 0.2) is 0 Å². The Bertz CT molecular complexity index is 390. The van der Waals surface area contributed by atoms with Crippen molar-refractivity contribution in [3.8, 4) is 5.75 Å². The summed E-state index contributed by atoms with van der Waals surface area (Å²) in [7, 11) is 4.12. The lowest BCUT2D eigenvalue weighted by molar-refractivity contribution is 0.139. The molecule has 3 heteroatoms. The zero-order valence-corrected chi connectivity index (χ0v) is 12.3. The predicted molar refractivity (Wildman–Crippen MR) is 77.2 cm³/mol. The van der Waals surface area contributed by atoms with E-state index in [9.17, 15) is 0 Å². The maximum absolute atomic E-state index is 5.83. The van der Waals surface area contributed by atoms with Crippen molar-refractivity contribution in [1.29, 1.82) is 0 Å². The van der Waals surface area contributed by atoms with E-state index in [-0.39, 0.29) is 5.54 Å². The van der Waals surface area contributed by atoms with E-state index < -0.39 is 0 Å². The van der Waals surface area contributed by atoms with Crippen LogP contribution in [0.25, 0.3) is 0 Å². The van der Waals surface area contributed by atoms with E-state index in [0.29, 0.717) is 13.2 Å². The molecule has 2 N–H and O–H groups in total. The van der Waals surface area contributed by atoms with Gasteiger partial charge in [0, 0.05) is 18.5 Å². The first-order valence-corrected chi connectivity index (χ1v) is 6.46. The number of nitrogens with zero attached hydrogens (tertiary/aromatic N) is 1. The Morgan fingerprint density at radius 1 is 1.22 bits per heavy atom. The molecule has 0 radical (unpaired) electrons. The molecule has 102 valence electrons. The van der Waals surface area contributed by atoms with Crippen LogP contribution in [0.15, 0.2) is 18.2 Å². The summed E-state index contributed by atoms with van der Waals surface area (Å²) in [5.41, 5.74) is 8.39. The molecule has 0 saturated heterocycles. The zero-order valence-electron chi connectivity index (χ0n) is 12.3. The van der Waals surface area contributed by atoms with Crippen LogP contribution in [0.1, 0.15) is 24.5 Å². The lowest BCUT2D eigenvalue weighted by Gasteiger charge is -2.35. The Hall–Kier alpha value is -1.06. The first-order chi connectivity index (χ1) is 8.39. The average Bonchev–Trinajstić information content (AvgIpc) is 2.33. The third-order valence-corrected chi connectivity index (χ3v) is 3.91. The first kappa shape index (κ1) is 15.0. The molecule has 1 aromatic carbocycles. The van der Waals surface area contributed by atoms with E-state index in [2.05, 4.69) is 51.9 Å². The highest BCUT2D eigenvalue weighted by molar-refractivity contribution is 5.33. The van der Waals surface area contributed by atoms with Gasteiger partial charge in [-0.05, 0) is 58.1 Å². The van der Waals surface area contributed by atoms with Crippen molar-refractivity contribution in [2.75, 3.05) is 27.2 Å². The summed E-state index contributed by atoms with van der Waals surface area (Å²) in [6.45, 7) is 7.70. The zero-order chi connectivity index (χ0) is 13.8. The van der Waals surface area contributed by atoms with Crippen molar-refractivity contribution < 1.29 is 4.74 Å². The minimum Gasteiger partial charge on any atom is -0.494 e. The van der Waals surface area contributed by atoms with Crippen LogP contribution >= 0.6 is 0 Å². The van der Waals surface area contributed by atoms with Crippen molar-refractivity contribution in [2.24, 2.45) is 5.73 Å². The number of nitrogens with two attached hydrogens (primary N) is 1. The van der Waals surface area contributed by atoms with Crippen LogP contribution < -0.4 is 10.5 Å². The highest BCUT2D eigenvalue weighted by atomic mass is 16.5. The molecule has 0 bridgehead atoms. The molecule has 0 aliphatic heterocycles. The average molecular weight is 250 g/mol. The van der Waals surface area contributed by atoms with Gasteiger partial charge in [0.1, 0.15) is 5.75 Å². The van der Waals surface area contributed by atoms with Crippen LogP contribution in [0.4, 0.5) is 0 Å². The molecule has 0 amide bonds. The van der Waals surface area contributed by atoms with E-state index >= 15 is 0 Å². The number of ether oxygens (including phenoxy) is 1. The summed E-state index contributed by atoms with van der Waals surface area (Å²) in [4.78, 5) is 2.16. The summed E-state index contributed by atoms with van der Waals surface area (Å²) < 4.78 is 5.81. The monoisotopic (exact) mass is 250 g/mol. The molecule has 1 unspecified atom stereocenters. The molecule has 1 aromatic rings. The Kier molecular flexibility index (Phi) is 5.17. The maximum atomic E-state index is 5.83. The largest absolute Gasteiger partial charge is 0.494 e. The highest BCUT2D eigenvalue weighted by Crippen LogP contribution is 2.19. The molecule has 3 nitrogen and oxygen atoms in total. The minimum atomic E-state index is -0.000256. The molecule has 0 fully saturated rings. The Morgan fingerprint density at radius 2 is 1.89 bits per heavy atom. The second kappa shape index (κ2) is 6.21. The normalized spacial score (nSPS) is 14.6. The van der Waals surface area contributed by atoms with Crippen LogP contribution in [0.2, 0.25) is 0 Å². The molecule has 1 atom stereocenters. The van der Waals surface area contributed by atoms with E-state index in [0.717, 1.165) is 12.2 Å². The summed E-state index contributed by atoms with van der Waals surface area (Å²) >= 11 is 0. The number of likely N-dealkylation sites (N-methyl/N-ethyl adjacent to an activating group) is 1. The highest BCUT2D eigenvalue weighted by Gasteiger charge is 2.24. The molecule has 0 aliphatic carbocycles. The lowest BCUT2D eigenvalue weighted by Crippen LogP contribution is -2.48. The number of benzene rings is 1. The smallest absolute Gasteiger partial charge is 0.119 e. The van der Waals surface area contributed by atoms with Crippen molar-refractivity contribution in [3.63, 3.8) is 0 Å². The summed E-state index contributed by atoms with van der Waals surface area (Å²) in [5.74, 6) is 0.941. The minimum absolute atomic E-state index is 0.000256. The summed E-state index contributed by atoms with van der Waals surface area (Å²) in [6, 6.07) is 6.21. The first-order valence-electron chi connectivity index (χ1n) is 6.46. The number of hydrogen-bond donors (Lipinski definition) is 1. The van der Waals surface area contributed by atoms with Gasteiger partial charge < -0.3 is 15.4 Å². The standard InChI is InChI=1S/C15H26N2O/c1-12-6-7-14(10-13(12)2)18-9-8-15(3,11-16)17(4)5/h6-7,10H,8-9,11,16H2,1-5H3. The lowest BCUT2D eigenvalue weighted by atomic mass is 9.97. The van der Waals surface area contributed by atoms with E-state index in [1.165, 1.54) is 11.1 Å². The molecule has 0 heterocycles. The fourth-order valence-corrected chi connectivity index (χ4v) is 1.70. The van der Waals surface area contributed by atoms with Gasteiger partial charge in [-0.15, -0.1) is 0 Å². The SMILES string of the molecule is Cc1ccc(OCCC(C)(CN)N(C)C)cc1C. The molecule has 0 spiro atoms. The molecule has 0 aromatic heterocycles. The van der Waals surface area contributed by atoms with Crippen LogP contribution in [-0.2, 0) is 0 Å². The van der Waals surface area contributed by atoms with Crippen molar-refractivity contribution in [2.45, 2.75) is 32.7 Å². The van der Waals surface area contributed by atoms with Gasteiger partial charge in [-0.3, -0.25) is 0 Å². The quantitative estimate of drug-likeness (QED) is 0.842. The van der Waals surface area contributed by atoms with Gasteiger partial charge >= 0.3 is 0 Å². The van der Waals surface area contributed by atoms with Crippen LogP contribution in [0.3, 0.4) is 0 Å². The van der Waals surface area contributed by atoms with E-state index in [4.69, 9.17) is 10.5 Å². The number of hydrogen-bond acceptors (Lipinski definition) is 3.